The highest BCUT2D eigenvalue weighted by molar-refractivity contribution is 4.70. The molecule has 1 atom stereocenters. The van der Waals surface area contributed by atoms with Gasteiger partial charge in [-0.05, 0) is 33.7 Å². The van der Waals surface area contributed by atoms with Crippen molar-refractivity contribution in [1.29, 1.82) is 0 Å². The minimum Gasteiger partial charge on any atom is -0.371 e. The minimum absolute atomic E-state index is 0.0359. The summed E-state index contributed by atoms with van der Waals surface area (Å²) in [6.45, 7) is 11.6. The van der Waals surface area contributed by atoms with Crippen molar-refractivity contribution >= 4 is 0 Å². The van der Waals surface area contributed by atoms with Crippen LogP contribution < -0.4 is 5.32 Å². The van der Waals surface area contributed by atoms with E-state index in [-0.39, 0.29) is 5.60 Å². The number of rotatable bonds is 4. The number of hydrogen-bond donors (Lipinski definition) is 1. The van der Waals surface area contributed by atoms with E-state index in [1.165, 1.54) is 0 Å². The van der Waals surface area contributed by atoms with E-state index >= 15 is 0 Å². The van der Waals surface area contributed by atoms with Gasteiger partial charge in [-0.25, -0.2) is 0 Å². The lowest BCUT2D eigenvalue weighted by Gasteiger charge is -2.30. The van der Waals surface area contributed by atoms with Gasteiger partial charge in [0.1, 0.15) is 0 Å². The monoisotopic (exact) mass is 173 g/mol. The van der Waals surface area contributed by atoms with Gasteiger partial charge in [0, 0.05) is 6.54 Å². The fourth-order valence-corrected chi connectivity index (χ4v) is 1.07. The van der Waals surface area contributed by atoms with E-state index in [1.54, 1.807) is 0 Å². The predicted molar refractivity (Wildman–Crippen MR) is 53.4 cm³/mol. The van der Waals surface area contributed by atoms with Gasteiger partial charge >= 0.3 is 0 Å². The van der Waals surface area contributed by atoms with Gasteiger partial charge < -0.3 is 10.1 Å². The van der Waals surface area contributed by atoms with Crippen LogP contribution in [0.1, 0.15) is 34.6 Å². The first kappa shape index (κ1) is 11.9. The second-order valence-electron chi connectivity index (χ2n) is 4.57. The Morgan fingerprint density at radius 2 is 1.75 bits per heavy atom. The maximum Gasteiger partial charge on any atom is 0.0729 e. The SMILES string of the molecule is CNCC(OC(C)(C)C)C(C)C. The van der Waals surface area contributed by atoms with Gasteiger partial charge in [-0.3, -0.25) is 0 Å². The van der Waals surface area contributed by atoms with Crippen molar-refractivity contribution < 1.29 is 4.74 Å². The molecular formula is C10H23NO. The molecule has 1 unspecified atom stereocenters. The fourth-order valence-electron chi connectivity index (χ4n) is 1.07. The quantitative estimate of drug-likeness (QED) is 0.702. The number of ether oxygens (including phenoxy) is 1. The second-order valence-corrected chi connectivity index (χ2v) is 4.57. The summed E-state index contributed by atoms with van der Waals surface area (Å²) in [7, 11) is 1.96. The molecule has 74 valence electrons. The van der Waals surface area contributed by atoms with Gasteiger partial charge in [0.2, 0.25) is 0 Å². The zero-order valence-electron chi connectivity index (χ0n) is 9.27. The average molecular weight is 173 g/mol. The lowest BCUT2D eigenvalue weighted by atomic mass is 10.1. The van der Waals surface area contributed by atoms with E-state index in [2.05, 4.69) is 39.9 Å². The molecule has 0 aliphatic heterocycles. The molecule has 0 amide bonds. The molecule has 0 aromatic heterocycles. The van der Waals surface area contributed by atoms with E-state index in [4.69, 9.17) is 4.74 Å². The Balaban J connectivity index is 3.95. The summed E-state index contributed by atoms with van der Waals surface area (Å²) in [5.74, 6) is 0.566. The van der Waals surface area contributed by atoms with Crippen LogP contribution in [0.3, 0.4) is 0 Å². The molecule has 0 spiro atoms. The van der Waals surface area contributed by atoms with E-state index < -0.39 is 0 Å². The van der Waals surface area contributed by atoms with Crippen LogP contribution in [0.2, 0.25) is 0 Å². The summed E-state index contributed by atoms with van der Waals surface area (Å²) in [6, 6.07) is 0. The van der Waals surface area contributed by atoms with Crippen LogP contribution in [0.15, 0.2) is 0 Å². The predicted octanol–water partition coefficient (Wildman–Crippen LogP) is 2.05. The molecule has 2 heteroatoms. The summed E-state index contributed by atoms with van der Waals surface area (Å²) in [4.78, 5) is 0. The first-order valence-electron chi connectivity index (χ1n) is 4.69. The van der Waals surface area contributed by atoms with Gasteiger partial charge in [-0.2, -0.15) is 0 Å². The second kappa shape index (κ2) is 4.83. The zero-order valence-corrected chi connectivity index (χ0v) is 9.27. The molecule has 2 nitrogen and oxygen atoms in total. The van der Waals surface area contributed by atoms with E-state index in [0.717, 1.165) is 6.54 Å². The highest BCUT2D eigenvalue weighted by atomic mass is 16.5. The minimum atomic E-state index is -0.0359. The number of hydrogen-bond acceptors (Lipinski definition) is 2. The molecule has 0 radical (unpaired) electrons. The summed E-state index contributed by atoms with van der Waals surface area (Å²) in [6.07, 6.45) is 0.315. The molecule has 12 heavy (non-hydrogen) atoms. The first-order chi connectivity index (χ1) is 5.37. The Kier molecular flexibility index (Phi) is 4.80. The topological polar surface area (TPSA) is 21.3 Å². The van der Waals surface area contributed by atoms with Crippen LogP contribution in [0.4, 0.5) is 0 Å². The third-order valence-electron chi connectivity index (χ3n) is 1.65. The van der Waals surface area contributed by atoms with Crippen molar-refractivity contribution in [3.05, 3.63) is 0 Å². The van der Waals surface area contributed by atoms with Gasteiger partial charge in [0.05, 0.1) is 11.7 Å². The molecule has 0 bridgehead atoms. The van der Waals surface area contributed by atoms with Crippen LogP contribution in [0.25, 0.3) is 0 Å². The van der Waals surface area contributed by atoms with Crippen LogP contribution in [0.5, 0.6) is 0 Å². The maximum absolute atomic E-state index is 5.88. The standard InChI is InChI=1S/C10H23NO/c1-8(2)9(7-11-6)12-10(3,4)5/h8-9,11H,7H2,1-6H3. The summed E-state index contributed by atoms with van der Waals surface area (Å²) in [5.41, 5.74) is -0.0359. The van der Waals surface area contributed by atoms with Crippen molar-refractivity contribution in [1.82, 2.24) is 5.32 Å². The molecule has 1 N–H and O–H groups in total. The Morgan fingerprint density at radius 1 is 1.25 bits per heavy atom. The molecular weight excluding hydrogens is 150 g/mol. The van der Waals surface area contributed by atoms with Crippen LogP contribution in [0, 0.1) is 5.92 Å². The molecule has 0 rings (SSSR count). The molecule has 0 aromatic carbocycles. The van der Waals surface area contributed by atoms with Crippen molar-refractivity contribution in [3.8, 4) is 0 Å². The number of likely N-dealkylation sites (N-methyl/N-ethyl adjacent to an activating group) is 1. The third kappa shape index (κ3) is 5.56. The van der Waals surface area contributed by atoms with Crippen molar-refractivity contribution in [2.75, 3.05) is 13.6 Å². The molecule has 0 saturated heterocycles. The van der Waals surface area contributed by atoms with E-state index in [1.807, 2.05) is 7.05 Å². The largest absolute Gasteiger partial charge is 0.371 e. The molecule has 0 aliphatic carbocycles. The van der Waals surface area contributed by atoms with E-state index in [0.29, 0.717) is 12.0 Å². The third-order valence-corrected chi connectivity index (χ3v) is 1.65. The van der Waals surface area contributed by atoms with Gasteiger partial charge in [0.15, 0.2) is 0 Å². The van der Waals surface area contributed by atoms with Crippen LogP contribution in [-0.4, -0.2) is 25.3 Å². The Bertz CT molecular complexity index is 115. The van der Waals surface area contributed by atoms with Crippen molar-refractivity contribution in [3.63, 3.8) is 0 Å². The Morgan fingerprint density at radius 3 is 2.00 bits per heavy atom. The molecule has 0 aromatic rings. The van der Waals surface area contributed by atoms with E-state index in [9.17, 15) is 0 Å². The lowest BCUT2D eigenvalue weighted by Crippen LogP contribution is -2.37. The van der Waals surface area contributed by atoms with Crippen LogP contribution >= 0.6 is 0 Å². The average Bonchev–Trinajstić information content (AvgIpc) is 1.83. The normalized spacial score (nSPS) is 15.2. The summed E-state index contributed by atoms with van der Waals surface area (Å²) < 4.78 is 5.88. The van der Waals surface area contributed by atoms with Gasteiger partial charge in [0.25, 0.3) is 0 Å². The summed E-state index contributed by atoms with van der Waals surface area (Å²) >= 11 is 0. The highest BCUT2D eigenvalue weighted by Crippen LogP contribution is 2.15. The molecule has 0 aliphatic rings. The van der Waals surface area contributed by atoms with Crippen molar-refractivity contribution in [2.45, 2.75) is 46.3 Å². The fraction of sp³-hybridized carbons (Fsp3) is 1.00. The lowest BCUT2D eigenvalue weighted by molar-refractivity contribution is -0.0768. The van der Waals surface area contributed by atoms with Gasteiger partial charge in [-0.15, -0.1) is 0 Å². The Labute approximate surface area is 76.7 Å². The highest BCUT2D eigenvalue weighted by Gasteiger charge is 2.20. The van der Waals surface area contributed by atoms with Gasteiger partial charge in [-0.1, -0.05) is 13.8 Å². The molecule has 0 saturated carbocycles. The Hall–Kier alpha value is -0.0800. The zero-order chi connectivity index (χ0) is 9.78. The van der Waals surface area contributed by atoms with Crippen molar-refractivity contribution in [2.24, 2.45) is 5.92 Å². The van der Waals surface area contributed by atoms with Crippen LogP contribution in [-0.2, 0) is 4.74 Å². The molecule has 0 heterocycles. The number of nitrogens with one attached hydrogen (secondary N) is 1. The smallest absolute Gasteiger partial charge is 0.0729 e. The first-order valence-corrected chi connectivity index (χ1v) is 4.69. The molecule has 0 fully saturated rings. The summed E-state index contributed by atoms with van der Waals surface area (Å²) in [5, 5.41) is 3.15. The maximum atomic E-state index is 5.88.